The van der Waals surface area contributed by atoms with Crippen LogP contribution in [-0.4, -0.2) is 52.9 Å². The van der Waals surface area contributed by atoms with Gasteiger partial charge in [-0.3, -0.25) is 0 Å². The fraction of sp³-hybridized carbons (Fsp3) is 0.571. The maximum Gasteiger partial charge on any atom is 0.203 e. The number of ether oxygens (including phenoxy) is 3. The Bertz CT molecular complexity index is 369. The molecule has 0 aromatic heterocycles. The van der Waals surface area contributed by atoms with E-state index in [2.05, 4.69) is 4.90 Å². The summed E-state index contributed by atoms with van der Waals surface area (Å²) in [5, 5.41) is 0. The second-order valence-corrected chi connectivity index (χ2v) is 4.52. The Kier molecular flexibility index (Phi) is 6.45. The molecule has 5 nitrogen and oxygen atoms in total. The molecular formula is C14H24N2O3. The van der Waals surface area contributed by atoms with Gasteiger partial charge in [-0.05, 0) is 44.8 Å². The first-order valence-electron chi connectivity index (χ1n) is 6.34. The molecule has 19 heavy (non-hydrogen) atoms. The van der Waals surface area contributed by atoms with E-state index in [1.54, 1.807) is 14.2 Å². The topological polar surface area (TPSA) is 57.0 Å². The van der Waals surface area contributed by atoms with Crippen molar-refractivity contribution in [1.29, 1.82) is 0 Å². The Hall–Kier alpha value is -1.46. The molecule has 0 aliphatic heterocycles. The minimum atomic E-state index is 0.579. The van der Waals surface area contributed by atoms with Gasteiger partial charge in [-0.25, -0.2) is 0 Å². The van der Waals surface area contributed by atoms with E-state index in [0.29, 0.717) is 30.4 Å². The summed E-state index contributed by atoms with van der Waals surface area (Å²) in [5.74, 6) is 2.01. The van der Waals surface area contributed by atoms with Crippen molar-refractivity contribution >= 4 is 0 Å². The van der Waals surface area contributed by atoms with Crippen LogP contribution in [0.25, 0.3) is 0 Å². The van der Waals surface area contributed by atoms with Crippen LogP contribution < -0.4 is 19.9 Å². The average molecular weight is 268 g/mol. The molecule has 0 aliphatic rings. The largest absolute Gasteiger partial charge is 0.493 e. The molecule has 5 heteroatoms. The summed E-state index contributed by atoms with van der Waals surface area (Å²) < 4.78 is 16.5. The van der Waals surface area contributed by atoms with Crippen LogP contribution in [0.15, 0.2) is 12.1 Å². The molecule has 2 N–H and O–H groups in total. The lowest BCUT2D eigenvalue weighted by atomic mass is 10.1. The van der Waals surface area contributed by atoms with E-state index >= 15 is 0 Å². The molecule has 1 aromatic rings. The van der Waals surface area contributed by atoms with Crippen molar-refractivity contribution < 1.29 is 14.2 Å². The molecule has 0 fully saturated rings. The normalized spacial score (nSPS) is 10.6. The summed E-state index contributed by atoms with van der Waals surface area (Å²) in [7, 11) is 7.25. The molecule has 1 rings (SSSR count). The van der Waals surface area contributed by atoms with Crippen molar-refractivity contribution in [2.45, 2.75) is 6.42 Å². The summed E-state index contributed by atoms with van der Waals surface area (Å²) in [6.45, 7) is 2.00. The zero-order valence-electron chi connectivity index (χ0n) is 12.2. The van der Waals surface area contributed by atoms with E-state index in [1.165, 1.54) is 0 Å². The van der Waals surface area contributed by atoms with Crippen LogP contribution in [0.2, 0.25) is 0 Å². The third-order valence-corrected chi connectivity index (χ3v) is 2.74. The predicted octanol–water partition coefficient (Wildman–Crippen LogP) is 1.15. The van der Waals surface area contributed by atoms with Gasteiger partial charge in [0.05, 0.1) is 14.2 Å². The van der Waals surface area contributed by atoms with Crippen LogP contribution in [0.3, 0.4) is 0 Å². The molecule has 0 amide bonds. The molecule has 0 aliphatic carbocycles. The Morgan fingerprint density at radius 3 is 2.11 bits per heavy atom. The highest BCUT2D eigenvalue weighted by Gasteiger charge is 2.14. The van der Waals surface area contributed by atoms with Crippen LogP contribution >= 0.6 is 0 Å². The van der Waals surface area contributed by atoms with E-state index in [1.807, 2.05) is 26.2 Å². The van der Waals surface area contributed by atoms with E-state index < -0.39 is 0 Å². The summed E-state index contributed by atoms with van der Waals surface area (Å²) >= 11 is 0. The summed E-state index contributed by atoms with van der Waals surface area (Å²) in [6.07, 6.45) is 0.782. The highest BCUT2D eigenvalue weighted by molar-refractivity contribution is 5.54. The maximum atomic E-state index is 5.77. The number of hydrogen-bond acceptors (Lipinski definition) is 5. The van der Waals surface area contributed by atoms with Gasteiger partial charge in [-0.2, -0.15) is 0 Å². The molecule has 0 unspecified atom stereocenters. The minimum absolute atomic E-state index is 0.579. The summed E-state index contributed by atoms with van der Waals surface area (Å²) in [5.41, 5.74) is 6.66. The van der Waals surface area contributed by atoms with Gasteiger partial charge in [-0.15, -0.1) is 0 Å². The lowest BCUT2D eigenvalue weighted by Gasteiger charge is -2.17. The van der Waals surface area contributed by atoms with Crippen molar-refractivity contribution in [3.63, 3.8) is 0 Å². The molecule has 0 spiro atoms. The first-order chi connectivity index (χ1) is 9.12. The number of nitrogens with two attached hydrogens (primary N) is 1. The SMILES string of the molecule is COc1cc(CCN)cc(OC)c1OCCN(C)C. The van der Waals surface area contributed by atoms with E-state index in [9.17, 15) is 0 Å². The van der Waals surface area contributed by atoms with Gasteiger partial charge in [-0.1, -0.05) is 0 Å². The van der Waals surface area contributed by atoms with Crippen molar-refractivity contribution in [2.75, 3.05) is 48.0 Å². The fourth-order valence-electron chi connectivity index (χ4n) is 1.72. The van der Waals surface area contributed by atoms with Crippen LogP contribution in [0, 0.1) is 0 Å². The zero-order valence-corrected chi connectivity index (χ0v) is 12.2. The van der Waals surface area contributed by atoms with Crippen LogP contribution in [-0.2, 0) is 6.42 Å². The molecule has 0 saturated heterocycles. The first-order valence-corrected chi connectivity index (χ1v) is 6.34. The third kappa shape index (κ3) is 4.61. The number of nitrogens with zero attached hydrogens (tertiary/aromatic N) is 1. The Labute approximate surface area is 115 Å². The number of methoxy groups -OCH3 is 2. The fourth-order valence-corrected chi connectivity index (χ4v) is 1.72. The number of likely N-dealkylation sites (N-methyl/N-ethyl adjacent to an activating group) is 1. The van der Waals surface area contributed by atoms with E-state index in [-0.39, 0.29) is 0 Å². The van der Waals surface area contributed by atoms with Gasteiger partial charge in [0.1, 0.15) is 6.61 Å². The van der Waals surface area contributed by atoms with Gasteiger partial charge in [0.25, 0.3) is 0 Å². The number of rotatable bonds is 8. The molecule has 0 radical (unpaired) electrons. The predicted molar refractivity (Wildman–Crippen MR) is 76.4 cm³/mol. The van der Waals surface area contributed by atoms with Gasteiger partial charge >= 0.3 is 0 Å². The Balaban J connectivity index is 2.92. The maximum absolute atomic E-state index is 5.77. The highest BCUT2D eigenvalue weighted by atomic mass is 16.5. The minimum Gasteiger partial charge on any atom is -0.493 e. The molecule has 0 atom stereocenters. The van der Waals surface area contributed by atoms with Gasteiger partial charge in [0, 0.05) is 6.54 Å². The third-order valence-electron chi connectivity index (χ3n) is 2.74. The van der Waals surface area contributed by atoms with Gasteiger partial charge in [0.2, 0.25) is 5.75 Å². The monoisotopic (exact) mass is 268 g/mol. The number of hydrogen-bond donors (Lipinski definition) is 1. The van der Waals surface area contributed by atoms with Crippen LogP contribution in [0.5, 0.6) is 17.2 Å². The Morgan fingerprint density at radius 2 is 1.68 bits per heavy atom. The van der Waals surface area contributed by atoms with E-state index in [4.69, 9.17) is 19.9 Å². The van der Waals surface area contributed by atoms with Crippen molar-refractivity contribution in [3.05, 3.63) is 17.7 Å². The molecular weight excluding hydrogens is 244 g/mol. The molecule has 0 bridgehead atoms. The van der Waals surface area contributed by atoms with Crippen molar-refractivity contribution in [3.8, 4) is 17.2 Å². The zero-order chi connectivity index (χ0) is 14.3. The summed E-state index contributed by atoms with van der Waals surface area (Å²) in [6, 6.07) is 3.89. The van der Waals surface area contributed by atoms with Crippen molar-refractivity contribution in [2.24, 2.45) is 5.73 Å². The molecule has 1 aromatic carbocycles. The highest BCUT2D eigenvalue weighted by Crippen LogP contribution is 2.38. The molecule has 0 saturated carbocycles. The van der Waals surface area contributed by atoms with Crippen molar-refractivity contribution in [1.82, 2.24) is 4.90 Å². The molecule has 108 valence electrons. The second-order valence-electron chi connectivity index (χ2n) is 4.52. The van der Waals surface area contributed by atoms with Crippen LogP contribution in [0.1, 0.15) is 5.56 Å². The Morgan fingerprint density at radius 1 is 1.11 bits per heavy atom. The first kappa shape index (κ1) is 15.6. The second kappa shape index (κ2) is 7.86. The van der Waals surface area contributed by atoms with E-state index in [0.717, 1.165) is 18.5 Å². The summed E-state index contributed by atoms with van der Waals surface area (Å²) in [4.78, 5) is 2.06. The van der Waals surface area contributed by atoms with Gasteiger partial charge in [0.15, 0.2) is 11.5 Å². The van der Waals surface area contributed by atoms with Crippen LogP contribution in [0.4, 0.5) is 0 Å². The molecule has 0 heterocycles. The lowest BCUT2D eigenvalue weighted by Crippen LogP contribution is -2.19. The quantitative estimate of drug-likeness (QED) is 0.766. The smallest absolute Gasteiger partial charge is 0.203 e. The lowest BCUT2D eigenvalue weighted by molar-refractivity contribution is 0.239. The average Bonchev–Trinajstić information content (AvgIpc) is 2.39. The van der Waals surface area contributed by atoms with Gasteiger partial charge < -0.3 is 24.8 Å². The number of benzene rings is 1. The standard InChI is InChI=1S/C14H24N2O3/c1-16(2)7-8-19-14-12(17-3)9-11(5-6-15)10-13(14)18-4/h9-10H,5-8,15H2,1-4H3.